The van der Waals surface area contributed by atoms with Crippen molar-refractivity contribution < 1.29 is 4.79 Å². The summed E-state index contributed by atoms with van der Waals surface area (Å²) in [5, 5.41) is 11.8. The molecule has 1 saturated carbocycles. The topological polar surface area (TPSA) is 76.9 Å². The lowest BCUT2D eigenvalue weighted by Gasteiger charge is -2.22. The molecule has 4 rings (SSSR count). The molecule has 1 heterocycles. The maximum Gasteiger partial charge on any atom is 0.277 e. The maximum atomic E-state index is 12.5. The number of aromatic nitrogens is 3. The average molecular weight is 362 g/mol. The summed E-state index contributed by atoms with van der Waals surface area (Å²) >= 11 is 0. The third kappa shape index (κ3) is 3.89. The van der Waals surface area contributed by atoms with Crippen LogP contribution in [-0.2, 0) is 6.54 Å². The van der Waals surface area contributed by atoms with Crippen LogP contribution in [-0.4, -0.2) is 26.9 Å². The minimum Gasteiger partial charge on any atom is -0.349 e. The average Bonchev–Trinajstić information content (AvgIpc) is 2.71. The highest BCUT2D eigenvalue weighted by Crippen LogP contribution is 2.18. The Hall–Kier alpha value is -3.02. The molecule has 1 fully saturated rings. The van der Waals surface area contributed by atoms with Gasteiger partial charge in [0.2, 0.25) is 0 Å². The monoisotopic (exact) mass is 362 g/mol. The fraction of sp³-hybridized carbons (Fsp3) is 0.333. The molecule has 3 aromatic rings. The van der Waals surface area contributed by atoms with Gasteiger partial charge in [0.05, 0.1) is 11.9 Å². The van der Waals surface area contributed by atoms with Crippen LogP contribution >= 0.6 is 0 Å². The highest BCUT2D eigenvalue weighted by molar-refractivity contribution is 5.94. The van der Waals surface area contributed by atoms with Crippen molar-refractivity contribution in [1.82, 2.24) is 20.3 Å². The van der Waals surface area contributed by atoms with Crippen LogP contribution < -0.4 is 10.9 Å². The van der Waals surface area contributed by atoms with Gasteiger partial charge in [0.1, 0.15) is 5.52 Å². The highest BCUT2D eigenvalue weighted by atomic mass is 16.1. The van der Waals surface area contributed by atoms with Crippen molar-refractivity contribution in [3.63, 3.8) is 0 Å². The van der Waals surface area contributed by atoms with Crippen molar-refractivity contribution >= 4 is 16.8 Å². The summed E-state index contributed by atoms with van der Waals surface area (Å²) in [7, 11) is 0. The van der Waals surface area contributed by atoms with E-state index in [1.807, 2.05) is 24.3 Å². The van der Waals surface area contributed by atoms with Crippen molar-refractivity contribution in [2.45, 2.75) is 44.7 Å². The summed E-state index contributed by atoms with van der Waals surface area (Å²) in [6.45, 7) is 0.321. The van der Waals surface area contributed by atoms with Crippen LogP contribution in [0.3, 0.4) is 0 Å². The van der Waals surface area contributed by atoms with E-state index in [9.17, 15) is 9.59 Å². The first-order valence-corrected chi connectivity index (χ1v) is 9.43. The Kier molecular flexibility index (Phi) is 4.96. The smallest absolute Gasteiger partial charge is 0.277 e. The fourth-order valence-electron chi connectivity index (χ4n) is 3.58. The van der Waals surface area contributed by atoms with E-state index in [4.69, 9.17) is 0 Å². The van der Waals surface area contributed by atoms with Crippen molar-refractivity contribution in [2.24, 2.45) is 0 Å². The number of carbonyl (C=O) groups excluding carboxylic acids is 1. The standard InChI is InChI=1S/C21H22N4O2/c26-20(22-17-6-2-1-3-7-17)16-12-10-15(11-13-16)14-25-21(27)18-8-4-5-9-19(18)23-24-25/h4-5,8-13,17H,1-3,6-7,14H2,(H,22,26). The van der Waals surface area contributed by atoms with Gasteiger partial charge in [0, 0.05) is 11.6 Å². The Morgan fingerprint density at radius 3 is 2.56 bits per heavy atom. The van der Waals surface area contributed by atoms with E-state index in [-0.39, 0.29) is 17.5 Å². The Morgan fingerprint density at radius 1 is 1.04 bits per heavy atom. The molecule has 1 aliphatic carbocycles. The van der Waals surface area contributed by atoms with Crippen molar-refractivity contribution in [1.29, 1.82) is 0 Å². The molecule has 0 spiro atoms. The van der Waals surface area contributed by atoms with Crippen LogP contribution in [0.4, 0.5) is 0 Å². The summed E-state index contributed by atoms with van der Waals surface area (Å²) in [5.74, 6) is -0.0314. The molecular formula is C21H22N4O2. The molecule has 6 heteroatoms. The molecule has 0 unspecified atom stereocenters. The molecule has 2 aromatic carbocycles. The summed E-state index contributed by atoms with van der Waals surface area (Å²) < 4.78 is 1.35. The zero-order valence-corrected chi connectivity index (χ0v) is 15.1. The summed E-state index contributed by atoms with van der Waals surface area (Å²) in [5.41, 5.74) is 1.96. The van der Waals surface area contributed by atoms with Gasteiger partial charge in [-0.2, -0.15) is 0 Å². The van der Waals surface area contributed by atoms with Gasteiger partial charge >= 0.3 is 0 Å². The van der Waals surface area contributed by atoms with Gasteiger partial charge in [0.25, 0.3) is 11.5 Å². The van der Waals surface area contributed by atoms with Gasteiger partial charge in [-0.25, -0.2) is 4.68 Å². The Labute approximate surface area is 157 Å². The lowest BCUT2D eigenvalue weighted by molar-refractivity contribution is 0.0927. The van der Waals surface area contributed by atoms with E-state index in [2.05, 4.69) is 15.6 Å². The van der Waals surface area contributed by atoms with Crippen LogP contribution in [0.2, 0.25) is 0 Å². The number of rotatable bonds is 4. The van der Waals surface area contributed by atoms with E-state index in [1.165, 1.54) is 23.9 Å². The predicted molar refractivity (Wildman–Crippen MR) is 104 cm³/mol. The molecular weight excluding hydrogens is 340 g/mol. The number of carbonyl (C=O) groups is 1. The third-order valence-corrected chi connectivity index (χ3v) is 5.12. The zero-order chi connectivity index (χ0) is 18.6. The first-order chi connectivity index (χ1) is 13.2. The van der Waals surface area contributed by atoms with Crippen LogP contribution in [0.5, 0.6) is 0 Å². The molecule has 0 bridgehead atoms. The second kappa shape index (κ2) is 7.70. The van der Waals surface area contributed by atoms with Gasteiger partial charge in [-0.1, -0.05) is 48.7 Å². The Morgan fingerprint density at radius 2 is 1.78 bits per heavy atom. The molecule has 27 heavy (non-hydrogen) atoms. The molecule has 1 amide bonds. The highest BCUT2D eigenvalue weighted by Gasteiger charge is 2.16. The lowest BCUT2D eigenvalue weighted by Crippen LogP contribution is -2.36. The third-order valence-electron chi connectivity index (χ3n) is 5.12. The molecule has 0 saturated heterocycles. The predicted octanol–water partition coefficient (Wildman–Crippen LogP) is 2.90. The Bertz CT molecular complexity index is 1000. The SMILES string of the molecule is O=C(NC1CCCCC1)c1ccc(Cn2nnc3ccccc3c2=O)cc1. The molecule has 1 N–H and O–H groups in total. The first-order valence-electron chi connectivity index (χ1n) is 9.43. The van der Waals surface area contributed by atoms with Crippen LogP contribution in [0.15, 0.2) is 53.3 Å². The van der Waals surface area contributed by atoms with Gasteiger partial charge in [-0.15, -0.1) is 5.10 Å². The second-order valence-corrected chi connectivity index (χ2v) is 7.07. The van der Waals surface area contributed by atoms with Crippen molar-refractivity contribution in [3.05, 3.63) is 70.0 Å². The number of fused-ring (bicyclic) bond motifs is 1. The van der Waals surface area contributed by atoms with Crippen molar-refractivity contribution in [3.8, 4) is 0 Å². The van der Waals surface area contributed by atoms with Gasteiger partial charge < -0.3 is 5.32 Å². The number of benzene rings is 2. The molecule has 1 aliphatic rings. The van der Waals surface area contributed by atoms with E-state index >= 15 is 0 Å². The van der Waals surface area contributed by atoms with E-state index in [1.54, 1.807) is 24.3 Å². The second-order valence-electron chi connectivity index (χ2n) is 7.07. The molecule has 6 nitrogen and oxygen atoms in total. The van der Waals surface area contributed by atoms with E-state index in [0.717, 1.165) is 18.4 Å². The molecule has 138 valence electrons. The molecule has 1 aromatic heterocycles. The number of nitrogens with one attached hydrogen (secondary N) is 1. The fourth-order valence-corrected chi connectivity index (χ4v) is 3.58. The zero-order valence-electron chi connectivity index (χ0n) is 15.1. The summed E-state index contributed by atoms with van der Waals surface area (Å²) in [6, 6.07) is 14.8. The number of amides is 1. The first kappa shape index (κ1) is 17.4. The Balaban J connectivity index is 1.47. The number of nitrogens with zero attached hydrogens (tertiary/aromatic N) is 3. The number of hydrogen-bond acceptors (Lipinski definition) is 4. The molecule has 0 radical (unpaired) electrons. The summed E-state index contributed by atoms with van der Waals surface area (Å²) in [4.78, 5) is 24.9. The van der Waals surface area contributed by atoms with Crippen LogP contribution in [0.1, 0.15) is 48.0 Å². The number of hydrogen-bond donors (Lipinski definition) is 1. The maximum absolute atomic E-state index is 12.5. The lowest BCUT2D eigenvalue weighted by atomic mass is 9.95. The molecule has 0 aliphatic heterocycles. The van der Waals surface area contributed by atoms with Gasteiger partial charge in [-0.3, -0.25) is 9.59 Å². The quantitative estimate of drug-likeness (QED) is 0.774. The van der Waals surface area contributed by atoms with Gasteiger partial charge in [0.15, 0.2) is 0 Å². The van der Waals surface area contributed by atoms with Crippen LogP contribution in [0, 0.1) is 0 Å². The van der Waals surface area contributed by atoms with Crippen LogP contribution in [0.25, 0.3) is 10.9 Å². The minimum absolute atomic E-state index is 0.0314. The molecule has 0 atom stereocenters. The van der Waals surface area contributed by atoms with Crippen molar-refractivity contribution in [2.75, 3.05) is 0 Å². The largest absolute Gasteiger partial charge is 0.349 e. The van der Waals surface area contributed by atoms with E-state index < -0.39 is 0 Å². The summed E-state index contributed by atoms with van der Waals surface area (Å²) in [6.07, 6.45) is 5.76. The van der Waals surface area contributed by atoms with E-state index in [0.29, 0.717) is 23.0 Å². The normalized spacial score (nSPS) is 15.0. The minimum atomic E-state index is -0.167. The van der Waals surface area contributed by atoms with Gasteiger partial charge in [-0.05, 0) is 42.7 Å².